The van der Waals surface area contributed by atoms with Crippen LogP contribution in [-0.2, 0) is 14.4 Å². The number of hydrogen-bond acceptors (Lipinski definition) is 5. The predicted molar refractivity (Wildman–Crippen MR) is 124 cm³/mol. The van der Waals surface area contributed by atoms with Crippen molar-refractivity contribution in [3.05, 3.63) is 65.0 Å². The summed E-state index contributed by atoms with van der Waals surface area (Å²) in [5.41, 5.74) is 1.88. The van der Waals surface area contributed by atoms with E-state index < -0.39 is 24.3 Å². The number of halogens is 1. The number of nitrogens with zero attached hydrogens (tertiary/aromatic N) is 3. The summed E-state index contributed by atoms with van der Waals surface area (Å²) < 4.78 is 0. The Kier molecular flexibility index (Phi) is 6.53. The Morgan fingerprint density at radius 2 is 1.84 bits per heavy atom. The van der Waals surface area contributed by atoms with Gasteiger partial charge in [0.05, 0.1) is 12.1 Å². The van der Waals surface area contributed by atoms with Crippen LogP contribution in [-0.4, -0.2) is 40.5 Å². The smallest absolute Gasteiger partial charge is 0.306 e. The van der Waals surface area contributed by atoms with Gasteiger partial charge in [-0.25, -0.2) is 4.98 Å². The minimum atomic E-state index is -1.17. The standard InChI is InChI=1S/C23H20ClN3O4S/c24-17-10-5-4-9-16(17)18-14-32-23(25-18)26-12-6-11-20(28)27(15-7-2-1-3-8-15)19(22(26)31)13-21(29)30/h1-5,7-10,14,19H,6,11-13H2,(H,29,30). The number of anilines is 2. The second-order valence-corrected chi connectivity index (χ2v) is 8.55. The van der Waals surface area contributed by atoms with Crippen LogP contribution in [0.1, 0.15) is 19.3 Å². The molecular weight excluding hydrogens is 450 g/mol. The van der Waals surface area contributed by atoms with E-state index in [1.54, 1.807) is 36.4 Å². The molecule has 9 heteroatoms. The first kappa shape index (κ1) is 22.0. The first-order valence-electron chi connectivity index (χ1n) is 10.1. The highest BCUT2D eigenvalue weighted by atomic mass is 35.5. The van der Waals surface area contributed by atoms with E-state index in [-0.39, 0.29) is 18.9 Å². The van der Waals surface area contributed by atoms with Crippen LogP contribution < -0.4 is 9.80 Å². The van der Waals surface area contributed by atoms with Gasteiger partial charge in [0.25, 0.3) is 5.91 Å². The fourth-order valence-corrected chi connectivity index (χ4v) is 4.80. The largest absolute Gasteiger partial charge is 0.481 e. The van der Waals surface area contributed by atoms with E-state index in [0.717, 1.165) is 5.56 Å². The Balaban J connectivity index is 1.72. The predicted octanol–water partition coefficient (Wildman–Crippen LogP) is 4.47. The number of aromatic nitrogens is 1. The average Bonchev–Trinajstić information content (AvgIpc) is 3.25. The summed E-state index contributed by atoms with van der Waals surface area (Å²) in [6.45, 7) is 0.277. The number of amides is 2. The highest BCUT2D eigenvalue weighted by molar-refractivity contribution is 7.14. The van der Waals surface area contributed by atoms with Crippen LogP contribution in [0.25, 0.3) is 11.3 Å². The van der Waals surface area contributed by atoms with Crippen LogP contribution in [0.4, 0.5) is 10.8 Å². The van der Waals surface area contributed by atoms with Crippen molar-refractivity contribution < 1.29 is 19.5 Å². The summed E-state index contributed by atoms with van der Waals surface area (Å²) >= 11 is 7.57. The van der Waals surface area contributed by atoms with Gasteiger partial charge in [-0.2, -0.15) is 0 Å². The lowest BCUT2D eigenvalue weighted by atomic mass is 10.1. The van der Waals surface area contributed by atoms with Gasteiger partial charge in [0.15, 0.2) is 5.13 Å². The maximum atomic E-state index is 13.6. The summed E-state index contributed by atoms with van der Waals surface area (Å²) in [6, 6.07) is 14.8. The number of carbonyl (C=O) groups is 3. The number of carboxylic acid groups (broad SMARTS) is 1. The molecule has 1 aliphatic rings. The summed E-state index contributed by atoms with van der Waals surface area (Å²) in [6.07, 6.45) is 0.130. The van der Waals surface area contributed by atoms with E-state index >= 15 is 0 Å². The number of carbonyl (C=O) groups excluding carboxylic acids is 2. The third-order valence-electron chi connectivity index (χ3n) is 5.18. The summed E-state index contributed by atoms with van der Waals surface area (Å²) in [7, 11) is 0. The highest BCUT2D eigenvalue weighted by Crippen LogP contribution is 2.33. The van der Waals surface area contributed by atoms with E-state index in [0.29, 0.717) is 28.0 Å². The Morgan fingerprint density at radius 3 is 2.56 bits per heavy atom. The molecule has 0 spiro atoms. The molecule has 0 saturated carbocycles. The molecule has 3 aromatic rings. The van der Waals surface area contributed by atoms with Gasteiger partial charge in [-0.1, -0.05) is 48.0 Å². The van der Waals surface area contributed by atoms with Gasteiger partial charge in [-0.05, 0) is 24.6 Å². The number of carboxylic acids is 1. The molecule has 2 heterocycles. The maximum Gasteiger partial charge on any atom is 0.306 e. The minimum absolute atomic E-state index is 0.192. The van der Waals surface area contributed by atoms with Crippen molar-refractivity contribution in [3.8, 4) is 11.3 Å². The summed E-state index contributed by atoms with van der Waals surface area (Å²) in [5, 5.41) is 12.3. The zero-order chi connectivity index (χ0) is 22.7. The molecule has 2 amide bonds. The van der Waals surface area contributed by atoms with Gasteiger partial charge >= 0.3 is 5.97 Å². The molecule has 0 aliphatic carbocycles. The number of aliphatic carboxylic acids is 1. The van der Waals surface area contributed by atoms with Crippen molar-refractivity contribution in [3.63, 3.8) is 0 Å². The van der Waals surface area contributed by atoms with Crippen molar-refractivity contribution >= 4 is 51.5 Å². The first-order valence-corrected chi connectivity index (χ1v) is 11.3. The molecular formula is C23H20ClN3O4S. The molecule has 0 bridgehead atoms. The van der Waals surface area contributed by atoms with E-state index in [2.05, 4.69) is 4.98 Å². The van der Waals surface area contributed by atoms with Gasteiger partial charge in [-0.3, -0.25) is 24.2 Å². The Hall–Kier alpha value is -3.23. The van der Waals surface area contributed by atoms with Crippen LogP contribution >= 0.6 is 22.9 Å². The fraction of sp³-hybridized carbons (Fsp3) is 0.217. The van der Waals surface area contributed by atoms with Crippen molar-refractivity contribution in [2.24, 2.45) is 0 Å². The lowest BCUT2D eigenvalue weighted by molar-refractivity contribution is -0.139. The normalized spacial score (nSPS) is 17.2. The molecule has 1 fully saturated rings. The molecule has 1 unspecified atom stereocenters. The van der Waals surface area contributed by atoms with E-state index in [9.17, 15) is 19.5 Å². The maximum absolute atomic E-state index is 13.6. The van der Waals surface area contributed by atoms with Crippen molar-refractivity contribution in [1.82, 2.24) is 4.98 Å². The topological polar surface area (TPSA) is 90.8 Å². The molecule has 1 aliphatic heterocycles. The quantitative estimate of drug-likeness (QED) is 0.595. The molecule has 1 atom stereocenters. The minimum Gasteiger partial charge on any atom is -0.481 e. The molecule has 0 radical (unpaired) electrons. The van der Waals surface area contributed by atoms with Gasteiger partial charge in [0.2, 0.25) is 5.91 Å². The second kappa shape index (κ2) is 9.50. The van der Waals surface area contributed by atoms with Gasteiger partial charge in [0, 0.05) is 34.6 Å². The van der Waals surface area contributed by atoms with Crippen molar-refractivity contribution in [2.75, 3.05) is 16.3 Å². The van der Waals surface area contributed by atoms with Crippen molar-refractivity contribution in [1.29, 1.82) is 0 Å². The van der Waals surface area contributed by atoms with E-state index in [1.165, 1.54) is 21.1 Å². The summed E-state index contributed by atoms with van der Waals surface area (Å²) in [5.74, 6) is -1.90. The Bertz CT molecular complexity index is 1150. The second-order valence-electron chi connectivity index (χ2n) is 7.30. The van der Waals surface area contributed by atoms with Crippen LogP contribution in [0.15, 0.2) is 60.0 Å². The summed E-state index contributed by atoms with van der Waals surface area (Å²) in [4.78, 5) is 45.5. The average molecular weight is 470 g/mol. The van der Waals surface area contributed by atoms with Crippen molar-refractivity contribution in [2.45, 2.75) is 25.3 Å². The SMILES string of the molecule is O=C(O)CC1C(=O)N(c2nc(-c3ccccc3Cl)cs2)CCCC(=O)N1c1ccccc1. The monoisotopic (exact) mass is 469 g/mol. The Labute approximate surface area is 193 Å². The lowest BCUT2D eigenvalue weighted by Crippen LogP contribution is -2.54. The fourth-order valence-electron chi connectivity index (χ4n) is 3.71. The van der Waals surface area contributed by atoms with Crippen LogP contribution in [0.3, 0.4) is 0 Å². The highest BCUT2D eigenvalue weighted by Gasteiger charge is 2.38. The van der Waals surface area contributed by atoms with Crippen LogP contribution in [0, 0.1) is 0 Å². The molecule has 1 N–H and O–H groups in total. The third kappa shape index (κ3) is 4.51. The lowest BCUT2D eigenvalue weighted by Gasteiger charge is -2.35. The van der Waals surface area contributed by atoms with Crippen LogP contribution in [0.5, 0.6) is 0 Å². The Morgan fingerprint density at radius 1 is 1.12 bits per heavy atom. The third-order valence-corrected chi connectivity index (χ3v) is 6.37. The van der Waals surface area contributed by atoms with E-state index in [1.807, 2.05) is 23.6 Å². The van der Waals surface area contributed by atoms with Gasteiger partial charge in [-0.15, -0.1) is 11.3 Å². The number of thiazole rings is 1. The first-order chi connectivity index (χ1) is 15.5. The van der Waals surface area contributed by atoms with Crippen LogP contribution in [0.2, 0.25) is 5.02 Å². The molecule has 1 aromatic heterocycles. The number of benzene rings is 2. The molecule has 2 aromatic carbocycles. The molecule has 164 valence electrons. The molecule has 7 nitrogen and oxygen atoms in total. The van der Waals surface area contributed by atoms with Gasteiger partial charge in [0.1, 0.15) is 6.04 Å². The molecule has 32 heavy (non-hydrogen) atoms. The molecule has 4 rings (SSSR count). The zero-order valence-electron chi connectivity index (χ0n) is 17.0. The number of para-hydroxylation sites is 1. The van der Waals surface area contributed by atoms with Gasteiger partial charge < -0.3 is 5.11 Å². The van der Waals surface area contributed by atoms with E-state index in [4.69, 9.17) is 11.6 Å². The molecule has 1 saturated heterocycles. The number of hydrogen-bond donors (Lipinski definition) is 1. The number of rotatable bonds is 5. The zero-order valence-corrected chi connectivity index (χ0v) is 18.6.